The molecule has 3 atom stereocenters. The maximum atomic E-state index is 14.8. The van der Waals surface area contributed by atoms with Gasteiger partial charge in [0.05, 0.1) is 45.2 Å². The summed E-state index contributed by atoms with van der Waals surface area (Å²) < 4.78 is 58.6. The van der Waals surface area contributed by atoms with E-state index in [-0.39, 0.29) is 28.4 Å². The van der Waals surface area contributed by atoms with E-state index in [9.17, 15) is 22.4 Å². The first kappa shape index (κ1) is 27.9. The summed E-state index contributed by atoms with van der Waals surface area (Å²) in [5, 5.41) is 10.4. The highest BCUT2D eigenvalue weighted by atomic mass is 32.1. The van der Waals surface area contributed by atoms with Gasteiger partial charge < -0.3 is 15.5 Å². The van der Waals surface area contributed by atoms with Crippen LogP contribution < -0.4 is 10.6 Å². The van der Waals surface area contributed by atoms with Crippen molar-refractivity contribution in [3.05, 3.63) is 46.6 Å². The Bertz CT molecular complexity index is 1350. The minimum absolute atomic E-state index is 0.0664. The van der Waals surface area contributed by atoms with E-state index in [2.05, 4.69) is 27.6 Å². The van der Waals surface area contributed by atoms with Crippen molar-refractivity contribution < 1.29 is 22.4 Å². The second-order valence-corrected chi connectivity index (χ2v) is 11.4. The summed E-state index contributed by atoms with van der Waals surface area (Å²) in [4.78, 5) is 14.5. The topological polar surface area (TPSA) is 62.2 Å². The van der Waals surface area contributed by atoms with Crippen molar-refractivity contribution in [2.75, 3.05) is 32.0 Å². The molecule has 1 fully saturated rings. The van der Waals surface area contributed by atoms with Crippen molar-refractivity contribution in [2.45, 2.75) is 57.5 Å². The summed E-state index contributed by atoms with van der Waals surface area (Å²) in [6.07, 6.45) is -3.20. The molecule has 3 heterocycles. The van der Waals surface area contributed by atoms with E-state index >= 15 is 0 Å². The third-order valence-corrected chi connectivity index (χ3v) is 7.58. The summed E-state index contributed by atoms with van der Waals surface area (Å²) in [6.45, 7) is 6.82. The smallest absolute Gasteiger partial charge is 0.273 e. The van der Waals surface area contributed by atoms with Crippen molar-refractivity contribution in [3.8, 4) is 11.8 Å². The van der Waals surface area contributed by atoms with Crippen LogP contribution in [0.25, 0.3) is 10.1 Å². The average Bonchev–Trinajstić information content (AvgIpc) is 3.49. The Hall–Kier alpha value is -3.10. The van der Waals surface area contributed by atoms with Crippen LogP contribution in [0.1, 0.15) is 54.2 Å². The number of thiophene rings is 1. The molecule has 1 saturated heterocycles. The molecule has 1 aliphatic heterocycles. The molecule has 0 spiro atoms. The monoisotopic (exact) mass is 549 g/mol. The van der Waals surface area contributed by atoms with E-state index < -0.39 is 24.8 Å². The van der Waals surface area contributed by atoms with E-state index in [4.69, 9.17) is 0 Å². The average molecular weight is 550 g/mol. The number of carbonyl (C=O) groups is 1. The summed E-state index contributed by atoms with van der Waals surface area (Å²) >= 11 is 1.08. The van der Waals surface area contributed by atoms with Crippen LogP contribution in [0, 0.1) is 11.8 Å². The predicted octanol–water partition coefficient (Wildman–Crippen LogP) is 5.36. The molecule has 2 aromatic heterocycles. The molecular weight excluding hydrogens is 518 g/mol. The molecule has 11 heteroatoms. The lowest BCUT2D eigenvalue weighted by atomic mass is 10.0. The number of halogens is 4. The van der Waals surface area contributed by atoms with Gasteiger partial charge in [-0.2, -0.15) is 5.10 Å². The van der Waals surface area contributed by atoms with Crippen LogP contribution in [0.15, 0.2) is 30.6 Å². The fraction of sp³-hybridized carbons (Fsp3) is 0.481. The number of alkyl halides is 4. The maximum Gasteiger partial charge on any atom is 0.273 e. The van der Waals surface area contributed by atoms with Gasteiger partial charge in [-0.25, -0.2) is 17.6 Å². The SMILES string of the molecule is CN1CCC(Nc2cccc3c(C(F)C(F)F)c(C#CCNC(=O)c4cnn(C(C)(C)C)c4)sc23)C(F)C1. The molecule has 204 valence electrons. The lowest BCUT2D eigenvalue weighted by molar-refractivity contribution is 0.0504. The number of carbonyl (C=O) groups excluding carboxylic acids is 1. The number of likely N-dealkylation sites (tertiary alicyclic amines) is 1. The predicted molar refractivity (Wildman–Crippen MR) is 143 cm³/mol. The second kappa shape index (κ2) is 11.3. The highest BCUT2D eigenvalue weighted by Gasteiger charge is 2.31. The van der Waals surface area contributed by atoms with Crippen LogP contribution in [0.3, 0.4) is 0 Å². The first-order valence-corrected chi connectivity index (χ1v) is 13.2. The van der Waals surface area contributed by atoms with Gasteiger partial charge in [-0.15, -0.1) is 11.3 Å². The van der Waals surface area contributed by atoms with Gasteiger partial charge in [-0.05, 0) is 40.3 Å². The Morgan fingerprint density at radius 3 is 2.71 bits per heavy atom. The molecule has 0 radical (unpaired) electrons. The Morgan fingerprint density at radius 1 is 1.29 bits per heavy atom. The molecule has 0 aliphatic carbocycles. The van der Waals surface area contributed by atoms with Gasteiger partial charge >= 0.3 is 0 Å². The molecule has 0 bridgehead atoms. The molecule has 6 nitrogen and oxygen atoms in total. The van der Waals surface area contributed by atoms with Crippen molar-refractivity contribution in [1.29, 1.82) is 0 Å². The van der Waals surface area contributed by atoms with Crippen molar-refractivity contribution in [2.24, 2.45) is 0 Å². The molecule has 0 saturated carbocycles. The summed E-state index contributed by atoms with van der Waals surface area (Å²) in [6, 6.07) is 4.50. The van der Waals surface area contributed by atoms with Crippen LogP contribution in [0.4, 0.5) is 23.2 Å². The van der Waals surface area contributed by atoms with Crippen LogP contribution in [-0.2, 0) is 5.54 Å². The Morgan fingerprint density at radius 2 is 2.05 bits per heavy atom. The number of piperidine rings is 1. The molecule has 1 aliphatic rings. The largest absolute Gasteiger partial charge is 0.378 e. The molecule has 3 unspecified atom stereocenters. The minimum Gasteiger partial charge on any atom is -0.378 e. The number of rotatable bonds is 6. The van der Waals surface area contributed by atoms with E-state index in [1.54, 1.807) is 29.1 Å². The third kappa shape index (κ3) is 6.13. The second-order valence-electron chi connectivity index (χ2n) is 10.4. The highest BCUT2D eigenvalue weighted by Crippen LogP contribution is 2.42. The Balaban J connectivity index is 1.56. The standard InChI is InChI=1S/C27H31F4N5OS/c1-27(2,3)36-14-16(13-33-36)26(37)32-11-6-9-21-22(23(29)25(30)31)17-7-5-8-20(24(17)38-21)34-19-10-12-35(4)15-18(19)28/h5,7-8,13-14,18-19,23,25,34H,10-12,15H2,1-4H3,(H,32,37). The minimum atomic E-state index is -3.23. The van der Waals surface area contributed by atoms with E-state index in [0.717, 1.165) is 17.9 Å². The zero-order chi connectivity index (χ0) is 27.6. The van der Waals surface area contributed by atoms with Gasteiger partial charge in [-0.1, -0.05) is 24.0 Å². The summed E-state index contributed by atoms with van der Waals surface area (Å²) in [7, 11) is 1.85. The van der Waals surface area contributed by atoms with Gasteiger partial charge in [0.2, 0.25) is 0 Å². The first-order chi connectivity index (χ1) is 18.0. The summed E-state index contributed by atoms with van der Waals surface area (Å²) in [5.74, 6) is 5.14. The van der Waals surface area contributed by atoms with Gasteiger partial charge in [0.25, 0.3) is 12.3 Å². The number of amides is 1. The van der Waals surface area contributed by atoms with Crippen LogP contribution in [0.5, 0.6) is 0 Å². The molecule has 2 N–H and O–H groups in total. The van der Waals surface area contributed by atoms with Crippen molar-refractivity contribution >= 4 is 33.0 Å². The summed E-state index contributed by atoms with van der Waals surface area (Å²) in [5.41, 5.74) is 0.454. The molecular formula is C27H31F4N5OS. The van der Waals surface area contributed by atoms with Gasteiger partial charge in [-0.3, -0.25) is 9.48 Å². The molecule has 1 amide bonds. The lowest BCUT2D eigenvalue weighted by Crippen LogP contribution is -2.46. The normalized spacial score (nSPS) is 19.3. The number of hydrogen-bond donors (Lipinski definition) is 2. The van der Waals surface area contributed by atoms with Crippen LogP contribution in [-0.4, -0.2) is 65.9 Å². The van der Waals surface area contributed by atoms with Crippen molar-refractivity contribution in [1.82, 2.24) is 20.0 Å². The maximum absolute atomic E-state index is 14.8. The van der Waals surface area contributed by atoms with Gasteiger partial charge in [0, 0.05) is 30.2 Å². The zero-order valence-electron chi connectivity index (χ0n) is 21.7. The number of hydrogen-bond acceptors (Lipinski definition) is 5. The first-order valence-electron chi connectivity index (χ1n) is 12.3. The fourth-order valence-corrected chi connectivity index (χ4v) is 5.51. The molecule has 3 aromatic rings. The highest BCUT2D eigenvalue weighted by molar-refractivity contribution is 7.20. The van der Waals surface area contributed by atoms with Gasteiger partial charge in [0.1, 0.15) is 6.17 Å². The number of anilines is 1. The van der Waals surface area contributed by atoms with E-state index in [1.807, 2.05) is 32.7 Å². The lowest BCUT2D eigenvalue weighted by Gasteiger charge is -2.33. The van der Waals surface area contributed by atoms with Gasteiger partial charge in [0.15, 0.2) is 6.17 Å². The number of aromatic nitrogens is 2. The van der Waals surface area contributed by atoms with Crippen molar-refractivity contribution in [3.63, 3.8) is 0 Å². The number of benzene rings is 1. The molecule has 38 heavy (non-hydrogen) atoms. The zero-order valence-corrected chi connectivity index (χ0v) is 22.5. The number of nitrogens with zero attached hydrogens (tertiary/aromatic N) is 3. The fourth-order valence-electron chi connectivity index (χ4n) is 4.32. The number of fused-ring (bicyclic) bond motifs is 1. The van der Waals surface area contributed by atoms with Crippen LogP contribution >= 0.6 is 11.3 Å². The van der Waals surface area contributed by atoms with E-state index in [1.165, 1.54) is 6.20 Å². The Kier molecular flexibility index (Phi) is 8.33. The van der Waals surface area contributed by atoms with E-state index in [0.29, 0.717) is 34.3 Å². The quantitative estimate of drug-likeness (QED) is 0.321. The third-order valence-electron chi connectivity index (χ3n) is 6.41. The Labute approximate surface area is 223 Å². The molecule has 4 rings (SSSR count). The molecule has 1 aromatic carbocycles. The van der Waals surface area contributed by atoms with Crippen LogP contribution in [0.2, 0.25) is 0 Å². The number of nitrogens with one attached hydrogen (secondary N) is 2.